The molecule has 13 heteroatoms. The van der Waals surface area contributed by atoms with E-state index in [4.69, 9.17) is 9.15 Å². The van der Waals surface area contributed by atoms with Gasteiger partial charge in [0, 0.05) is 56.7 Å². The molecular weight excluding hydrogens is 576 g/mol. The first kappa shape index (κ1) is 31.4. The van der Waals surface area contributed by atoms with Crippen LogP contribution >= 0.6 is 0 Å². The number of hydrogen-bond acceptors (Lipinski definition) is 9. The van der Waals surface area contributed by atoms with E-state index in [-0.39, 0.29) is 23.0 Å². The highest BCUT2D eigenvalue weighted by atomic mass is 16.6. The third kappa shape index (κ3) is 8.31. The molecule has 0 spiro atoms. The van der Waals surface area contributed by atoms with Crippen LogP contribution in [-0.2, 0) is 24.4 Å². The van der Waals surface area contributed by atoms with Gasteiger partial charge in [-0.2, -0.15) is 5.10 Å². The van der Waals surface area contributed by atoms with Crippen molar-refractivity contribution < 1.29 is 18.7 Å². The molecule has 236 valence electrons. The van der Waals surface area contributed by atoms with Crippen LogP contribution in [0.2, 0.25) is 0 Å². The molecular formula is C32H38N8O5. The Morgan fingerprint density at radius 3 is 2.47 bits per heavy atom. The summed E-state index contributed by atoms with van der Waals surface area (Å²) < 4.78 is 12.3. The van der Waals surface area contributed by atoms with Crippen molar-refractivity contribution in [3.63, 3.8) is 0 Å². The number of pyridine rings is 1. The van der Waals surface area contributed by atoms with Crippen LogP contribution in [0.5, 0.6) is 0 Å². The zero-order valence-electron chi connectivity index (χ0n) is 26.0. The number of unbranched alkanes of at least 4 members (excludes halogenated alkanes) is 3. The summed E-state index contributed by atoms with van der Waals surface area (Å²) in [6.45, 7) is 9.10. The summed E-state index contributed by atoms with van der Waals surface area (Å²) in [4.78, 5) is 43.9. The van der Waals surface area contributed by atoms with E-state index in [0.717, 1.165) is 36.0 Å². The van der Waals surface area contributed by atoms with Crippen LogP contribution in [0.1, 0.15) is 63.5 Å². The molecule has 4 heterocycles. The van der Waals surface area contributed by atoms with E-state index in [2.05, 4.69) is 30.9 Å². The van der Waals surface area contributed by atoms with E-state index in [0.29, 0.717) is 49.9 Å². The van der Waals surface area contributed by atoms with Crippen molar-refractivity contribution in [3.8, 4) is 22.7 Å². The molecule has 1 aromatic carbocycles. The second-order valence-corrected chi connectivity index (χ2v) is 11.9. The van der Waals surface area contributed by atoms with Crippen molar-refractivity contribution in [2.24, 2.45) is 0 Å². The van der Waals surface area contributed by atoms with Gasteiger partial charge in [0.2, 0.25) is 5.89 Å². The van der Waals surface area contributed by atoms with Gasteiger partial charge < -0.3 is 24.7 Å². The van der Waals surface area contributed by atoms with E-state index < -0.39 is 11.7 Å². The number of ether oxygens (including phenoxy) is 1. The topological polar surface area (TPSA) is 157 Å². The van der Waals surface area contributed by atoms with Crippen molar-refractivity contribution in [2.45, 2.75) is 78.6 Å². The molecule has 0 aliphatic carbocycles. The third-order valence-corrected chi connectivity index (χ3v) is 7.14. The number of benzene rings is 1. The summed E-state index contributed by atoms with van der Waals surface area (Å²) in [7, 11) is 0. The van der Waals surface area contributed by atoms with Gasteiger partial charge in [-0.1, -0.05) is 25.0 Å². The Balaban J connectivity index is 1.22. The van der Waals surface area contributed by atoms with Gasteiger partial charge in [0.25, 0.3) is 11.4 Å². The second kappa shape index (κ2) is 13.7. The zero-order valence-corrected chi connectivity index (χ0v) is 26.0. The number of carbonyl (C=O) groups is 2. The van der Waals surface area contributed by atoms with Gasteiger partial charge >= 0.3 is 12.1 Å². The van der Waals surface area contributed by atoms with Gasteiger partial charge in [0.05, 0.1) is 5.69 Å². The van der Waals surface area contributed by atoms with E-state index in [1.807, 2.05) is 39.0 Å². The normalized spacial score (nSPS) is 12.6. The van der Waals surface area contributed by atoms with Crippen molar-refractivity contribution in [1.82, 2.24) is 35.2 Å². The van der Waals surface area contributed by atoms with E-state index in [1.165, 1.54) is 4.68 Å². The number of fused-ring (bicyclic) bond motifs is 1. The minimum Gasteiger partial charge on any atom is -0.444 e. The van der Waals surface area contributed by atoms with E-state index in [1.54, 1.807) is 42.4 Å². The summed E-state index contributed by atoms with van der Waals surface area (Å²) in [6, 6.07) is 10.7. The number of hydrogen-bond donors (Lipinski definition) is 2. The molecule has 0 saturated heterocycles. The minimum atomic E-state index is -0.533. The molecule has 0 radical (unpaired) electrons. The molecule has 2 N–H and O–H groups in total. The lowest BCUT2D eigenvalue weighted by atomic mass is 10.1. The largest absolute Gasteiger partial charge is 0.444 e. The molecule has 0 bridgehead atoms. The standard InChI is InChI=1S/C32H38N8O5/c1-21-36-37-28(44-21)26-17-27(38-40(29(26)41)16-8-6-5-7-14-34-31(43)45-32(2,3)4)22-9-11-25(12-10-22)35-30(42)39-19-23-13-15-33-18-24(23)20-39/h9-13,15,17-18H,5-8,14,16,19-20H2,1-4H3,(H,34,43)(H,35,42). The van der Waals surface area contributed by atoms with Crippen LogP contribution in [0.3, 0.4) is 0 Å². The smallest absolute Gasteiger partial charge is 0.407 e. The van der Waals surface area contributed by atoms with Gasteiger partial charge in [-0.25, -0.2) is 14.3 Å². The maximum Gasteiger partial charge on any atom is 0.407 e. The van der Waals surface area contributed by atoms with Crippen molar-refractivity contribution in [1.29, 1.82) is 0 Å². The average molecular weight is 615 g/mol. The monoisotopic (exact) mass is 614 g/mol. The van der Waals surface area contributed by atoms with E-state index >= 15 is 0 Å². The Bertz CT molecular complexity index is 1680. The number of nitrogens with one attached hydrogen (secondary N) is 2. The average Bonchev–Trinajstić information content (AvgIpc) is 3.63. The third-order valence-electron chi connectivity index (χ3n) is 7.14. The first-order valence-corrected chi connectivity index (χ1v) is 15.0. The Labute approximate surface area is 261 Å². The lowest BCUT2D eigenvalue weighted by Crippen LogP contribution is -2.33. The fraction of sp³-hybridized carbons (Fsp3) is 0.406. The van der Waals surface area contributed by atoms with Gasteiger partial charge in [-0.15, -0.1) is 10.2 Å². The van der Waals surface area contributed by atoms with Gasteiger partial charge in [-0.05, 0) is 69.0 Å². The lowest BCUT2D eigenvalue weighted by molar-refractivity contribution is 0.0527. The van der Waals surface area contributed by atoms with E-state index in [9.17, 15) is 14.4 Å². The highest BCUT2D eigenvalue weighted by Crippen LogP contribution is 2.25. The number of amides is 3. The Hall–Kier alpha value is -5.07. The SMILES string of the molecule is Cc1nnc(-c2cc(-c3ccc(NC(=O)N4Cc5ccncc5C4)cc3)nn(CCCCCCNC(=O)OC(C)(C)C)c2=O)o1. The van der Waals surface area contributed by atoms with Gasteiger partial charge in [0.15, 0.2) is 0 Å². The number of carbonyl (C=O) groups excluding carboxylic acids is 2. The number of urea groups is 1. The predicted octanol–water partition coefficient (Wildman–Crippen LogP) is 5.30. The van der Waals surface area contributed by atoms with Crippen LogP contribution < -0.4 is 16.2 Å². The van der Waals surface area contributed by atoms with Crippen molar-refractivity contribution in [2.75, 3.05) is 11.9 Å². The summed E-state index contributed by atoms with van der Waals surface area (Å²) in [6.07, 6.45) is 6.32. The minimum absolute atomic E-state index is 0.133. The molecule has 5 rings (SSSR count). The molecule has 3 aromatic heterocycles. The number of nitrogens with zero attached hydrogens (tertiary/aromatic N) is 6. The molecule has 0 atom stereocenters. The van der Waals surface area contributed by atoms with Crippen molar-refractivity contribution in [3.05, 3.63) is 76.2 Å². The highest BCUT2D eigenvalue weighted by molar-refractivity contribution is 5.90. The van der Waals surface area contributed by atoms with Crippen molar-refractivity contribution >= 4 is 17.8 Å². The lowest BCUT2D eigenvalue weighted by Gasteiger charge is -2.19. The first-order chi connectivity index (χ1) is 21.6. The molecule has 3 amide bonds. The number of alkyl carbamates (subject to hydrolysis) is 1. The Kier molecular flexibility index (Phi) is 9.55. The predicted molar refractivity (Wildman–Crippen MR) is 167 cm³/mol. The molecule has 4 aromatic rings. The summed E-state index contributed by atoms with van der Waals surface area (Å²) in [5.41, 5.74) is 3.51. The van der Waals surface area contributed by atoms with Crippen LogP contribution in [0.4, 0.5) is 15.3 Å². The molecule has 1 aliphatic rings. The Morgan fingerprint density at radius 1 is 1.00 bits per heavy atom. The van der Waals surface area contributed by atoms with Crippen LogP contribution in [0.25, 0.3) is 22.7 Å². The number of aromatic nitrogens is 5. The Morgan fingerprint density at radius 2 is 1.76 bits per heavy atom. The van der Waals surface area contributed by atoms with Crippen LogP contribution in [-0.4, -0.2) is 54.1 Å². The van der Waals surface area contributed by atoms with Crippen LogP contribution in [0.15, 0.2) is 58.0 Å². The molecule has 0 fully saturated rings. The quantitative estimate of drug-likeness (QED) is 0.226. The number of aryl methyl sites for hydroxylation is 2. The summed E-state index contributed by atoms with van der Waals surface area (Å²) >= 11 is 0. The first-order valence-electron chi connectivity index (χ1n) is 15.0. The fourth-order valence-electron chi connectivity index (χ4n) is 4.93. The number of anilines is 1. The summed E-state index contributed by atoms with van der Waals surface area (Å²) in [5.74, 6) is 0.487. The van der Waals surface area contributed by atoms with Gasteiger partial charge in [0.1, 0.15) is 11.2 Å². The van der Waals surface area contributed by atoms with Crippen LogP contribution in [0, 0.1) is 6.92 Å². The maximum absolute atomic E-state index is 13.4. The molecule has 45 heavy (non-hydrogen) atoms. The maximum atomic E-state index is 13.4. The second-order valence-electron chi connectivity index (χ2n) is 11.9. The molecule has 13 nitrogen and oxygen atoms in total. The molecule has 1 aliphatic heterocycles. The molecule has 0 unspecified atom stereocenters. The molecule has 0 saturated carbocycles. The van der Waals surface area contributed by atoms with Gasteiger partial charge in [-0.3, -0.25) is 9.78 Å². The summed E-state index contributed by atoms with van der Waals surface area (Å²) in [5, 5.41) is 18.3. The number of rotatable bonds is 10. The zero-order chi connectivity index (χ0) is 32.0. The highest BCUT2D eigenvalue weighted by Gasteiger charge is 2.23. The fourth-order valence-corrected chi connectivity index (χ4v) is 4.93.